The highest BCUT2D eigenvalue weighted by atomic mass is 35.5. The Bertz CT molecular complexity index is 424. The summed E-state index contributed by atoms with van der Waals surface area (Å²) in [5.74, 6) is -0.535. The maximum Gasteiger partial charge on any atom is 0.306 e. The molecule has 0 amide bonds. The Kier molecular flexibility index (Phi) is 5.40. The van der Waals surface area contributed by atoms with E-state index in [-0.39, 0.29) is 24.9 Å². The van der Waals surface area contributed by atoms with Crippen LogP contribution in [0, 0.1) is 0 Å². The van der Waals surface area contributed by atoms with Gasteiger partial charge in [0.25, 0.3) is 0 Å². The highest BCUT2D eigenvalue weighted by Crippen LogP contribution is 2.22. The number of hydrogen-bond donors (Lipinski definition) is 0. The van der Waals surface area contributed by atoms with Crippen LogP contribution >= 0.6 is 11.6 Å². The summed E-state index contributed by atoms with van der Waals surface area (Å²) in [5, 5.41) is 0.615. The first-order valence-corrected chi connectivity index (χ1v) is 5.41. The highest BCUT2D eigenvalue weighted by Gasteiger charge is 2.16. The first-order valence-electron chi connectivity index (χ1n) is 5.03. The molecule has 0 saturated carbocycles. The smallest absolute Gasteiger partial charge is 0.306 e. The summed E-state index contributed by atoms with van der Waals surface area (Å²) in [7, 11) is 1.32. The van der Waals surface area contributed by atoms with Crippen molar-refractivity contribution >= 4 is 23.7 Å². The molecule has 0 unspecified atom stereocenters. The Hall–Kier alpha value is -1.64. The minimum absolute atomic E-state index is 0.170. The minimum atomic E-state index is -0.342. The molecule has 0 heterocycles. The lowest BCUT2D eigenvalue weighted by atomic mass is 9.96. The number of methoxy groups -OCH3 is 1. The van der Waals surface area contributed by atoms with Gasteiger partial charge in [-0.3, -0.25) is 4.79 Å². The number of carbonyl (C=O) groups excluding carboxylic acids is 2. The quantitative estimate of drug-likeness (QED) is 0.460. The molecule has 90 valence electrons. The minimum Gasteiger partial charge on any atom is -0.469 e. The second kappa shape index (κ2) is 6.84. The van der Waals surface area contributed by atoms with E-state index in [0.29, 0.717) is 5.02 Å². The number of rotatable bonds is 5. The number of isocyanates is 1. The third kappa shape index (κ3) is 4.39. The maximum atomic E-state index is 11.2. The number of aliphatic imine (C=N–C) groups is 1. The van der Waals surface area contributed by atoms with Gasteiger partial charge in [0, 0.05) is 10.9 Å². The maximum absolute atomic E-state index is 11.2. The van der Waals surface area contributed by atoms with Crippen molar-refractivity contribution in [1.29, 1.82) is 0 Å². The van der Waals surface area contributed by atoms with Crippen LogP contribution in [0.1, 0.15) is 17.9 Å². The van der Waals surface area contributed by atoms with E-state index in [0.717, 1.165) is 5.56 Å². The summed E-state index contributed by atoms with van der Waals surface area (Å²) in [5.41, 5.74) is 0.888. The molecular formula is C12H12ClNO3. The predicted molar refractivity (Wildman–Crippen MR) is 63.8 cm³/mol. The molecular weight excluding hydrogens is 242 g/mol. The van der Waals surface area contributed by atoms with Gasteiger partial charge in [-0.1, -0.05) is 23.7 Å². The van der Waals surface area contributed by atoms with Crippen LogP contribution in [0.2, 0.25) is 5.02 Å². The van der Waals surface area contributed by atoms with Crippen LogP contribution in [0.15, 0.2) is 29.3 Å². The Balaban J connectivity index is 2.84. The van der Waals surface area contributed by atoms with E-state index in [1.807, 2.05) is 0 Å². The van der Waals surface area contributed by atoms with Crippen LogP contribution in [0.4, 0.5) is 0 Å². The number of hydrogen-bond acceptors (Lipinski definition) is 4. The summed E-state index contributed by atoms with van der Waals surface area (Å²) in [6, 6.07) is 7.06. The van der Waals surface area contributed by atoms with Crippen molar-refractivity contribution in [3.05, 3.63) is 34.9 Å². The molecule has 0 fully saturated rings. The zero-order valence-electron chi connectivity index (χ0n) is 9.35. The lowest BCUT2D eigenvalue weighted by molar-refractivity contribution is -0.141. The van der Waals surface area contributed by atoms with E-state index in [2.05, 4.69) is 9.73 Å². The molecule has 1 aromatic carbocycles. The van der Waals surface area contributed by atoms with Gasteiger partial charge < -0.3 is 4.74 Å². The van der Waals surface area contributed by atoms with Crippen molar-refractivity contribution in [2.24, 2.45) is 4.99 Å². The Labute approximate surface area is 104 Å². The van der Waals surface area contributed by atoms with Crippen molar-refractivity contribution in [2.45, 2.75) is 12.3 Å². The Morgan fingerprint density at radius 3 is 2.65 bits per heavy atom. The van der Waals surface area contributed by atoms with Gasteiger partial charge in [-0.25, -0.2) is 9.79 Å². The predicted octanol–water partition coefficient (Wildman–Crippen LogP) is 2.32. The molecule has 1 atom stereocenters. The lowest BCUT2D eigenvalue weighted by Crippen LogP contribution is -2.11. The molecule has 0 aliphatic heterocycles. The van der Waals surface area contributed by atoms with Crippen molar-refractivity contribution in [2.75, 3.05) is 13.7 Å². The van der Waals surface area contributed by atoms with Crippen LogP contribution in [-0.2, 0) is 14.3 Å². The van der Waals surface area contributed by atoms with Gasteiger partial charge in [0.05, 0.1) is 20.1 Å². The fourth-order valence-corrected chi connectivity index (χ4v) is 1.58. The van der Waals surface area contributed by atoms with E-state index in [1.54, 1.807) is 24.3 Å². The van der Waals surface area contributed by atoms with E-state index < -0.39 is 0 Å². The normalized spacial score (nSPS) is 11.4. The summed E-state index contributed by atoms with van der Waals surface area (Å²) in [6.07, 6.45) is 1.64. The SMILES string of the molecule is COC(=O)C[C@@H](CN=C=O)c1ccc(Cl)cc1. The van der Waals surface area contributed by atoms with E-state index in [4.69, 9.17) is 11.6 Å². The topological polar surface area (TPSA) is 55.7 Å². The van der Waals surface area contributed by atoms with Crippen LogP contribution in [0.3, 0.4) is 0 Å². The summed E-state index contributed by atoms with van der Waals surface area (Å²) in [4.78, 5) is 24.9. The standard InChI is InChI=1S/C12H12ClNO3/c1-17-12(16)6-10(7-14-8-15)9-2-4-11(13)5-3-9/h2-5,10H,6-7H2,1H3/t10-/m0/s1. The van der Waals surface area contributed by atoms with Gasteiger partial charge in [0.15, 0.2) is 0 Å². The third-order valence-corrected chi connectivity index (χ3v) is 2.61. The molecule has 0 N–H and O–H groups in total. The van der Waals surface area contributed by atoms with Gasteiger partial charge >= 0.3 is 5.97 Å². The second-order valence-electron chi connectivity index (χ2n) is 3.46. The molecule has 0 aliphatic rings. The van der Waals surface area contributed by atoms with E-state index in [9.17, 15) is 9.59 Å². The average Bonchev–Trinajstić information content (AvgIpc) is 2.35. The van der Waals surface area contributed by atoms with Gasteiger partial charge in [0.1, 0.15) is 0 Å². The molecule has 17 heavy (non-hydrogen) atoms. The number of halogens is 1. The zero-order chi connectivity index (χ0) is 12.7. The number of ether oxygens (including phenoxy) is 1. The molecule has 5 heteroatoms. The van der Waals surface area contributed by atoms with Crippen LogP contribution < -0.4 is 0 Å². The monoisotopic (exact) mass is 253 g/mol. The molecule has 0 bridgehead atoms. The van der Waals surface area contributed by atoms with E-state index in [1.165, 1.54) is 13.2 Å². The van der Waals surface area contributed by atoms with Crippen molar-refractivity contribution < 1.29 is 14.3 Å². The number of benzene rings is 1. The van der Waals surface area contributed by atoms with Crippen molar-refractivity contribution in [3.63, 3.8) is 0 Å². The summed E-state index contributed by atoms with van der Waals surface area (Å²) < 4.78 is 4.60. The molecule has 0 aliphatic carbocycles. The van der Waals surface area contributed by atoms with Crippen LogP contribution in [0.25, 0.3) is 0 Å². The number of nitrogens with zero attached hydrogens (tertiary/aromatic N) is 1. The lowest BCUT2D eigenvalue weighted by Gasteiger charge is -2.13. The number of carbonyl (C=O) groups is 1. The van der Waals surface area contributed by atoms with Gasteiger partial charge in [0.2, 0.25) is 6.08 Å². The first kappa shape index (κ1) is 13.4. The largest absolute Gasteiger partial charge is 0.469 e. The van der Waals surface area contributed by atoms with Gasteiger partial charge in [-0.2, -0.15) is 0 Å². The Morgan fingerprint density at radius 1 is 1.47 bits per heavy atom. The highest BCUT2D eigenvalue weighted by molar-refractivity contribution is 6.30. The van der Waals surface area contributed by atoms with Gasteiger partial charge in [-0.05, 0) is 17.7 Å². The van der Waals surface area contributed by atoms with Crippen LogP contribution in [0.5, 0.6) is 0 Å². The first-order chi connectivity index (χ1) is 8.17. The zero-order valence-corrected chi connectivity index (χ0v) is 10.1. The van der Waals surface area contributed by atoms with Crippen LogP contribution in [-0.4, -0.2) is 25.7 Å². The Morgan fingerprint density at radius 2 is 2.12 bits per heavy atom. The number of esters is 1. The molecule has 4 nitrogen and oxygen atoms in total. The molecule has 1 rings (SSSR count). The molecule has 0 radical (unpaired) electrons. The third-order valence-electron chi connectivity index (χ3n) is 2.36. The molecule has 0 spiro atoms. The summed E-state index contributed by atoms with van der Waals surface area (Å²) >= 11 is 5.78. The fourth-order valence-electron chi connectivity index (χ4n) is 1.45. The fraction of sp³-hybridized carbons (Fsp3) is 0.333. The molecule has 0 saturated heterocycles. The van der Waals surface area contributed by atoms with Crippen molar-refractivity contribution in [1.82, 2.24) is 0 Å². The molecule has 1 aromatic rings. The van der Waals surface area contributed by atoms with Crippen molar-refractivity contribution in [3.8, 4) is 0 Å². The second-order valence-corrected chi connectivity index (χ2v) is 3.90. The summed E-state index contributed by atoms with van der Waals surface area (Å²) in [6.45, 7) is 0.209. The van der Waals surface area contributed by atoms with Gasteiger partial charge in [-0.15, -0.1) is 0 Å². The average molecular weight is 254 g/mol. The molecule has 0 aromatic heterocycles. The van der Waals surface area contributed by atoms with E-state index >= 15 is 0 Å².